The quantitative estimate of drug-likeness (QED) is 0.853. The van der Waals surface area contributed by atoms with Gasteiger partial charge in [0.1, 0.15) is 0 Å². The molecule has 0 aliphatic heterocycles. The first kappa shape index (κ1) is 14.1. The lowest BCUT2D eigenvalue weighted by Gasteiger charge is -2.10. The molecule has 21 heavy (non-hydrogen) atoms. The number of aryl methyl sites for hydroxylation is 2. The van der Waals surface area contributed by atoms with Crippen molar-refractivity contribution >= 4 is 5.78 Å². The molecule has 3 nitrogen and oxygen atoms in total. The standard InChI is InChI=1S/C18H22N2O/c1-12-4-8-16(9-5-12)20-13(2)10-17(14(20)3)18(21)11-19-15-6-7-15/h4-5,8-10,15,19H,6-7,11H2,1-3H3. The molecule has 1 aliphatic carbocycles. The summed E-state index contributed by atoms with van der Waals surface area (Å²) >= 11 is 0. The fourth-order valence-corrected chi connectivity index (χ4v) is 2.76. The van der Waals surface area contributed by atoms with Gasteiger partial charge in [-0.05, 0) is 51.8 Å². The van der Waals surface area contributed by atoms with Crippen LogP contribution < -0.4 is 5.32 Å². The van der Waals surface area contributed by atoms with Gasteiger partial charge in [-0.15, -0.1) is 0 Å². The third-order valence-corrected chi connectivity index (χ3v) is 4.15. The Morgan fingerprint density at radius 2 is 1.86 bits per heavy atom. The van der Waals surface area contributed by atoms with Crippen LogP contribution in [-0.2, 0) is 0 Å². The fraction of sp³-hybridized carbons (Fsp3) is 0.389. The van der Waals surface area contributed by atoms with Crippen molar-refractivity contribution in [3.8, 4) is 5.69 Å². The zero-order chi connectivity index (χ0) is 15.0. The Balaban J connectivity index is 1.88. The van der Waals surface area contributed by atoms with Crippen molar-refractivity contribution in [3.05, 3.63) is 52.8 Å². The number of carbonyl (C=O) groups is 1. The van der Waals surface area contributed by atoms with Gasteiger partial charge in [0.15, 0.2) is 5.78 Å². The summed E-state index contributed by atoms with van der Waals surface area (Å²) < 4.78 is 2.16. The highest BCUT2D eigenvalue weighted by Gasteiger charge is 2.23. The van der Waals surface area contributed by atoms with E-state index in [1.165, 1.54) is 18.4 Å². The molecule has 1 heterocycles. The molecule has 1 fully saturated rings. The Morgan fingerprint density at radius 1 is 1.19 bits per heavy atom. The average Bonchev–Trinajstić information content (AvgIpc) is 3.24. The molecule has 1 N–H and O–H groups in total. The maximum atomic E-state index is 12.4. The Kier molecular flexibility index (Phi) is 3.68. The van der Waals surface area contributed by atoms with Crippen molar-refractivity contribution < 1.29 is 4.79 Å². The SMILES string of the molecule is Cc1ccc(-n2c(C)cc(C(=O)CNC3CC3)c2C)cc1. The molecular weight excluding hydrogens is 260 g/mol. The normalized spacial score (nSPS) is 14.4. The predicted molar refractivity (Wildman–Crippen MR) is 85.3 cm³/mol. The molecule has 1 aromatic heterocycles. The number of nitrogens with zero attached hydrogens (tertiary/aromatic N) is 1. The first-order chi connectivity index (χ1) is 10.1. The van der Waals surface area contributed by atoms with E-state index in [0.717, 1.165) is 22.6 Å². The molecule has 1 aliphatic rings. The smallest absolute Gasteiger partial charge is 0.178 e. The molecule has 0 spiro atoms. The van der Waals surface area contributed by atoms with Gasteiger partial charge < -0.3 is 9.88 Å². The molecule has 0 unspecified atom stereocenters. The number of nitrogens with one attached hydrogen (secondary N) is 1. The highest BCUT2D eigenvalue weighted by Crippen LogP contribution is 2.22. The number of carbonyl (C=O) groups excluding carboxylic acids is 1. The molecule has 1 aromatic carbocycles. The lowest BCUT2D eigenvalue weighted by Crippen LogP contribution is -2.25. The van der Waals surface area contributed by atoms with Crippen molar-refractivity contribution in [2.24, 2.45) is 0 Å². The van der Waals surface area contributed by atoms with Crippen LogP contribution >= 0.6 is 0 Å². The zero-order valence-corrected chi connectivity index (χ0v) is 12.9. The molecule has 3 heteroatoms. The van der Waals surface area contributed by atoms with Crippen molar-refractivity contribution in [3.63, 3.8) is 0 Å². The van der Waals surface area contributed by atoms with E-state index in [9.17, 15) is 4.79 Å². The molecule has 3 rings (SSSR count). The van der Waals surface area contributed by atoms with E-state index in [4.69, 9.17) is 0 Å². The summed E-state index contributed by atoms with van der Waals surface area (Å²) in [5, 5.41) is 3.30. The first-order valence-corrected chi connectivity index (χ1v) is 7.59. The first-order valence-electron chi connectivity index (χ1n) is 7.59. The number of hydrogen-bond acceptors (Lipinski definition) is 2. The third kappa shape index (κ3) is 2.93. The van der Waals surface area contributed by atoms with Gasteiger partial charge in [0, 0.05) is 28.7 Å². The number of Topliss-reactive ketones (excluding diaryl/α,β-unsaturated/α-hetero) is 1. The van der Waals surface area contributed by atoms with Gasteiger partial charge >= 0.3 is 0 Å². The van der Waals surface area contributed by atoms with Crippen LogP contribution in [0.25, 0.3) is 5.69 Å². The highest BCUT2D eigenvalue weighted by molar-refractivity contribution is 5.99. The largest absolute Gasteiger partial charge is 0.318 e. The summed E-state index contributed by atoms with van der Waals surface area (Å²) in [6, 6.07) is 11.0. The topological polar surface area (TPSA) is 34.0 Å². The molecule has 110 valence electrons. The van der Waals surface area contributed by atoms with E-state index in [1.807, 2.05) is 13.0 Å². The molecule has 0 radical (unpaired) electrons. The predicted octanol–water partition coefficient (Wildman–Crippen LogP) is 3.34. The minimum atomic E-state index is 0.188. The Labute approximate surface area is 126 Å². The van der Waals surface area contributed by atoms with Crippen molar-refractivity contribution in [2.45, 2.75) is 39.7 Å². The summed E-state index contributed by atoms with van der Waals surface area (Å²) in [6.07, 6.45) is 2.41. The second-order valence-electron chi connectivity index (χ2n) is 6.03. The van der Waals surface area contributed by atoms with Gasteiger partial charge in [-0.25, -0.2) is 0 Å². The maximum Gasteiger partial charge on any atom is 0.178 e. The summed E-state index contributed by atoms with van der Waals surface area (Å²) in [5.41, 5.74) is 5.32. The van der Waals surface area contributed by atoms with Crippen LogP contribution in [0.4, 0.5) is 0 Å². The Morgan fingerprint density at radius 3 is 2.48 bits per heavy atom. The zero-order valence-electron chi connectivity index (χ0n) is 12.9. The molecule has 0 amide bonds. The van der Waals surface area contributed by atoms with Gasteiger partial charge in [0.05, 0.1) is 6.54 Å². The van der Waals surface area contributed by atoms with E-state index >= 15 is 0 Å². The highest BCUT2D eigenvalue weighted by atomic mass is 16.1. The third-order valence-electron chi connectivity index (χ3n) is 4.15. The van der Waals surface area contributed by atoms with Gasteiger partial charge in [-0.3, -0.25) is 4.79 Å². The second-order valence-corrected chi connectivity index (χ2v) is 6.03. The monoisotopic (exact) mass is 282 g/mol. The number of hydrogen-bond donors (Lipinski definition) is 1. The van der Waals surface area contributed by atoms with E-state index in [1.54, 1.807) is 0 Å². The second kappa shape index (κ2) is 5.49. The van der Waals surface area contributed by atoms with Crippen LogP contribution in [0.5, 0.6) is 0 Å². The van der Waals surface area contributed by atoms with Gasteiger partial charge in [-0.1, -0.05) is 17.7 Å². The van der Waals surface area contributed by atoms with E-state index in [2.05, 4.69) is 48.0 Å². The van der Waals surface area contributed by atoms with Gasteiger partial charge in [0.2, 0.25) is 0 Å². The van der Waals surface area contributed by atoms with E-state index in [0.29, 0.717) is 12.6 Å². The van der Waals surface area contributed by atoms with Crippen LogP contribution in [0, 0.1) is 20.8 Å². The van der Waals surface area contributed by atoms with Crippen molar-refractivity contribution in [1.29, 1.82) is 0 Å². The number of ketones is 1. The van der Waals surface area contributed by atoms with Crippen LogP contribution in [0.2, 0.25) is 0 Å². The lowest BCUT2D eigenvalue weighted by atomic mass is 10.1. The van der Waals surface area contributed by atoms with Crippen LogP contribution in [0.15, 0.2) is 30.3 Å². The number of benzene rings is 1. The summed E-state index contributed by atoms with van der Waals surface area (Å²) in [7, 11) is 0. The average molecular weight is 282 g/mol. The minimum absolute atomic E-state index is 0.188. The van der Waals surface area contributed by atoms with Crippen LogP contribution in [0.3, 0.4) is 0 Å². The van der Waals surface area contributed by atoms with E-state index in [-0.39, 0.29) is 5.78 Å². The lowest BCUT2D eigenvalue weighted by molar-refractivity contribution is 0.0990. The Hall–Kier alpha value is -1.87. The fourth-order valence-electron chi connectivity index (χ4n) is 2.76. The molecule has 0 bridgehead atoms. The van der Waals surface area contributed by atoms with Gasteiger partial charge in [-0.2, -0.15) is 0 Å². The molecular formula is C18H22N2O. The van der Waals surface area contributed by atoms with Crippen LogP contribution in [0.1, 0.15) is 40.2 Å². The minimum Gasteiger partial charge on any atom is -0.318 e. The molecule has 1 saturated carbocycles. The number of rotatable bonds is 5. The summed E-state index contributed by atoms with van der Waals surface area (Å²) in [6.45, 7) is 6.61. The molecule has 0 saturated heterocycles. The molecule has 0 atom stereocenters. The molecule has 2 aromatic rings. The van der Waals surface area contributed by atoms with E-state index < -0.39 is 0 Å². The van der Waals surface area contributed by atoms with Crippen LogP contribution in [-0.4, -0.2) is 22.9 Å². The summed E-state index contributed by atoms with van der Waals surface area (Å²) in [4.78, 5) is 12.4. The number of aromatic nitrogens is 1. The Bertz CT molecular complexity index is 663. The maximum absolute atomic E-state index is 12.4. The summed E-state index contributed by atoms with van der Waals surface area (Å²) in [5.74, 6) is 0.188. The van der Waals surface area contributed by atoms with Crippen molar-refractivity contribution in [1.82, 2.24) is 9.88 Å². The van der Waals surface area contributed by atoms with Gasteiger partial charge in [0.25, 0.3) is 0 Å². The van der Waals surface area contributed by atoms with Crippen molar-refractivity contribution in [2.75, 3.05) is 6.54 Å².